The van der Waals surface area contributed by atoms with Gasteiger partial charge in [0.1, 0.15) is 0 Å². The fraction of sp³-hybridized carbons (Fsp3) is 0.294. The Kier molecular flexibility index (Phi) is 6.12. The molecule has 0 aliphatic carbocycles. The fourth-order valence-corrected chi connectivity index (χ4v) is 3.49. The van der Waals surface area contributed by atoms with Crippen molar-refractivity contribution in [3.63, 3.8) is 0 Å². The number of aliphatic hydroxyl groups is 1. The Labute approximate surface area is 135 Å². The predicted octanol–water partition coefficient (Wildman–Crippen LogP) is 3.93. The summed E-state index contributed by atoms with van der Waals surface area (Å²) in [6.45, 7) is 2.92. The van der Waals surface area contributed by atoms with E-state index in [-0.39, 0.29) is 6.61 Å². The molecule has 2 nitrogen and oxygen atoms in total. The third-order valence-electron chi connectivity index (χ3n) is 3.41. The summed E-state index contributed by atoms with van der Waals surface area (Å²) in [4.78, 5) is 1.14. The van der Waals surface area contributed by atoms with Crippen molar-refractivity contribution in [2.24, 2.45) is 0 Å². The lowest BCUT2D eigenvalue weighted by Crippen LogP contribution is -2.47. The van der Waals surface area contributed by atoms with E-state index in [0.717, 1.165) is 27.8 Å². The molecule has 21 heavy (non-hydrogen) atoms. The lowest BCUT2D eigenvalue weighted by atomic mass is 9.92. The topological polar surface area (TPSA) is 32.3 Å². The van der Waals surface area contributed by atoms with Gasteiger partial charge in [0.05, 0.1) is 12.1 Å². The Morgan fingerprint density at radius 3 is 2.33 bits per heavy atom. The molecule has 2 rings (SSSR count). The molecule has 1 atom stereocenters. The van der Waals surface area contributed by atoms with Crippen LogP contribution in [-0.2, 0) is 5.54 Å². The molecule has 1 unspecified atom stereocenters. The van der Waals surface area contributed by atoms with Crippen LogP contribution in [0, 0.1) is 0 Å². The van der Waals surface area contributed by atoms with Crippen LogP contribution in [0.1, 0.15) is 12.5 Å². The summed E-state index contributed by atoms with van der Waals surface area (Å²) < 4.78 is 0. The largest absolute Gasteiger partial charge is 0.394 e. The van der Waals surface area contributed by atoms with Gasteiger partial charge in [0.15, 0.2) is 0 Å². The minimum absolute atomic E-state index is 0.0610. The van der Waals surface area contributed by atoms with Crippen molar-refractivity contribution < 1.29 is 5.11 Å². The fourth-order valence-electron chi connectivity index (χ4n) is 2.26. The Hall–Kier alpha value is -1.00. The number of benzene rings is 2. The first-order valence-corrected chi connectivity index (χ1v) is 8.36. The highest BCUT2D eigenvalue weighted by atomic mass is 35.5. The summed E-state index contributed by atoms with van der Waals surface area (Å²) in [5, 5.41) is 14.2. The van der Waals surface area contributed by atoms with E-state index in [1.807, 2.05) is 42.5 Å². The van der Waals surface area contributed by atoms with Crippen LogP contribution in [-0.4, -0.2) is 24.0 Å². The lowest BCUT2D eigenvalue weighted by Gasteiger charge is -2.33. The molecule has 0 aliphatic heterocycles. The Balaban J connectivity index is 2.18. The highest BCUT2D eigenvalue weighted by Crippen LogP contribution is 2.30. The molecular weight excluding hydrogens is 302 g/mol. The molecule has 0 saturated carbocycles. The first-order valence-electron chi connectivity index (χ1n) is 7.00. The highest BCUT2D eigenvalue weighted by Gasteiger charge is 2.30. The Bertz CT molecular complexity index is 546. The van der Waals surface area contributed by atoms with Gasteiger partial charge in [-0.05, 0) is 36.4 Å². The van der Waals surface area contributed by atoms with Crippen molar-refractivity contribution >= 4 is 23.4 Å². The first kappa shape index (κ1) is 16.4. The molecular formula is C17H20ClNOS. The molecule has 2 aromatic rings. The molecule has 0 saturated heterocycles. The standard InChI is InChI=1S/C17H20ClNOS/c1-2-19-17(12-20,14-6-4-3-5-7-14)13-21-16-10-8-15(18)9-11-16/h3-11,19-20H,2,12-13H2,1H3. The molecule has 0 radical (unpaired) electrons. The monoisotopic (exact) mass is 321 g/mol. The minimum Gasteiger partial charge on any atom is -0.394 e. The van der Waals surface area contributed by atoms with Gasteiger partial charge >= 0.3 is 0 Å². The van der Waals surface area contributed by atoms with Gasteiger partial charge < -0.3 is 10.4 Å². The van der Waals surface area contributed by atoms with E-state index in [4.69, 9.17) is 11.6 Å². The second-order valence-electron chi connectivity index (χ2n) is 4.88. The van der Waals surface area contributed by atoms with E-state index in [1.165, 1.54) is 0 Å². The molecule has 0 aliphatic rings. The summed E-state index contributed by atoms with van der Waals surface area (Å²) in [7, 11) is 0. The lowest BCUT2D eigenvalue weighted by molar-refractivity contribution is 0.181. The van der Waals surface area contributed by atoms with Crippen LogP contribution in [0.25, 0.3) is 0 Å². The smallest absolute Gasteiger partial charge is 0.0764 e. The summed E-state index contributed by atoms with van der Waals surface area (Å²) in [6, 6.07) is 17.9. The van der Waals surface area contributed by atoms with Crippen LogP contribution in [0.4, 0.5) is 0 Å². The number of aliphatic hydroxyl groups excluding tert-OH is 1. The van der Waals surface area contributed by atoms with Crippen molar-refractivity contribution in [2.45, 2.75) is 17.4 Å². The normalized spacial score (nSPS) is 13.9. The van der Waals surface area contributed by atoms with Crippen LogP contribution in [0.3, 0.4) is 0 Å². The zero-order valence-electron chi connectivity index (χ0n) is 12.1. The third-order valence-corrected chi connectivity index (χ3v) is 4.90. The van der Waals surface area contributed by atoms with Crippen LogP contribution >= 0.6 is 23.4 Å². The van der Waals surface area contributed by atoms with E-state index < -0.39 is 5.54 Å². The summed E-state index contributed by atoms with van der Waals surface area (Å²) in [6.07, 6.45) is 0. The van der Waals surface area contributed by atoms with Crippen LogP contribution in [0.5, 0.6) is 0 Å². The maximum atomic E-state index is 9.99. The van der Waals surface area contributed by atoms with Gasteiger partial charge in [-0.1, -0.05) is 48.9 Å². The summed E-state index contributed by atoms with van der Waals surface area (Å²) in [5.74, 6) is 0.753. The van der Waals surface area contributed by atoms with Crippen molar-refractivity contribution in [1.82, 2.24) is 5.32 Å². The van der Waals surface area contributed by atoms with Crippen molar-refractivity contribution in [3.05, 3.63) is 65.2 Å². The van der Waals surface area contributed by atoms with Crippen molar-refractivity contribution in [3.8, 4) is 0 Å². The second-order valence-corrected chi connectivity index (χ2v) is 6.36. The van der Waals surface area contributed by atoms with Crippen LogP contribution in [0.2, 0.25) is 5.02 Å². The van der Waals surface area contributed by atoms with Gasteiger partial charge in [0.2, 0.25) is 0 Å². The van der Waals surface area contributed by atoms with E-state index >= 15 is 0 Å². The molecule has 2 aromatic carbocycles. The molecule has 0 heterocycles. The van der Waals surface area contributed by atoms with Crippen LogP contribution < -0.4 is 5.32 Å². The predicted molar refractivity (Wildman–Crippen MR) is 91.1 cm³/mol. The quantitative estimate of drug-likeness (QED) is 0.758. The molecule has 0 amide bonds. The number of halogens is 1. The zero-order chi connectivity index (χ0) is 15.1. The third kappa shape index (κ3) is 4.24. The highest BCUT2D eigenvalue weighted by molar-refractivity contribution is 7.99. The number of likely N-dealkylation sites (N-methyl/N-ethyl adjacent to an activating group) is 1. The molecule has 0 aromatic heterocycles. The Morgan fingerprint density at radius 1 is 1.10 bits per heavy atom. The maximum absolute atomic E-state index is 9.99. The molecule has 2 N–H and O–H groups in total. The molecule has 0 spiro atoms. The van der Waals surface area contributed by atoms with Gasteiger partial charge in [-0.15, -0.1) is 11.8 Å². The van der Waals surface area contributed by atoms with Gasteiger partial charge in [-0.25, -0.2) is 0 Å². The van der Waals surface area contributed by atoms with E-state index in [2.05, 4.69) is 24.4 Å². The maximum Gasteiger partial charge on any atom is 0.0764 e. The number of rotatable bonds is 7. The molecule has 112 valence electrons. The second kappa shape index (κ2) is 7.85. The molecule has 0 fully saturated rings. The SMILES string of the molecule is CCNC(CO)(CSc1ccc(Cl)cc1)c1ccccc1. The number of hydrogen-bond donors (Lipinski definition) is 2. The van der Waals surface area contributed by atoms with Gasteiger partial charge in [-0.2, -0.15) is 0 Å². The number of hydrogen-bond acceptors (Lipinski definition) is 3. The van der Waals surface area contributed by atoms with Gasteiger partial charge in [-0.3, -0.25) is 0 Å². The average Bonchev–Trinajstić information content (AvgIpc) is 2.54. The van der Waals surface area contributed by atoms with E-state index in [9.17, 15) is 5.11 Å². The van der Waals surface area contributed by atoms with Crippen molar-refractivity contribution in [2.75, 3.05) is 18.9 Å². The summed E-state index contributed by atoms with van der Waals surface area (Å²) in [5.41, 5.74) is 0.677. The number of thioether (sulfide) groups is 1. The van der Waals surface area contributed by atoms with Gasteiger partial charge in [0, 0.05) is 15.7 Å². The van der Waals surface area contributed by atoms with E-state index in [1.54, 1.807) is 11.8 Å². The van der Waals surface area contributed by atoms with Crippen LogP contribution in [0.15, 0.2) is 59.5 Å². The number of nitrogens with one attached hydrogen (secondary N) is 1. The first-order chi connectivity index (χ1) is 10.2. The van der Waals surface area contributed by atoms with Crippen molar-refractivity contribution in [1.29, 1.82) is 0 Å². The summed E-state index contributed by atoms with van der Waals surface area (Å²) >= 11 is 7.63. The van der Waals surface area contributed by atoms with Gasteiger partial charge in [0.25, 0.3) is 0 Å². The minimum atomic E-state index is -0.430. The molecule has 4 heteroatoms. The Morgan fingerprint density at radius 2 is 1.76 bits per heavy atom. The van der Waals surface area contributed by atoms with E-state index in [0.29, 0.717) is 0 Å². The molecule has 0 bridgehead atoms. The zero-order valence-corrected chi connectivity index (χ0v) is 13.6. The average molecular weight is 322 g/mol.